The van der Waals surface area contributed by atoms with Gasteiger partial charge in [-0.2, -0.15) is 0 Å². The zero-order valence-corrected chi connectivity index (χ0v) is 11.0. The number of hydrogen-bond acceptors (Lipinski definition) is 0. The fourth-order valence-corrected chi connectivity index (χ4v) is 2.20. The van der Waals surface area contributed by atoms with Gasteiger partial charge in [-0.15, -0.1) is 11.6 Å². The highest BCUT2D eigenvalue weighted by atomic mass is 35.5. The van der Waals surface area contributed by atoms with Crippen molar-refractivity contribution in [2.24, 2.45) is 0 Å². The summed E-state index contributed by atoms with van der Waals surface area (Å²) in [6.45, 7) is 1.47. The van der Waals surface area contributed by atoms with Crippen molar-refractivity contribution >= 4 is 11.6 Å². The van der Waals surface area contributed by atoms with Crippen molar-refractivity contribution < 1.29 is 13.2 Å². The molecule has 0 heterocycles. The molecule has 0 aliphatic rings. The highest BCUT2D eigenvalue weighted by Crippen LogP contribution is 2.29. The molecular weight excluding hydrogens is 273 g/mol. The van der Waals surface area contributed by atoms with E-state index in [-0.39, 0.29) is 17.5 Å². The van der Waals surface area contributed by atoms with E-state index in [1.165, 1.54) is 13.0 Å². The molecule has 0 fully saturated rings. The molecule has 0 radical (unpaired) electrons. The summed E-state index contributed by atoms with van der Waals surface area (Å²) in [5.41, 5.74) is 0.645. The topological polar surface area (TPSA) is 0 Å². The summed E-state index contributed by atoms with van der Waals surface area (Å²) in [7, 11) is 0. The molecule has 2 aromatic carbocycles. The van der Waals surface area contributed by atoms with Gasteiger partial charge in [-0.05, 0) is 42.7 Å². The summed E-state index contributed by atoms with van der Waals surface area (Å²) in [4.78, 5) is 0. The van der Waals surface area contributed by atoms with E-state index in [1.807, 2.05) is 0 Å². The van der Waals surface area contributed by atoms with Crippen molar-refractivity contribution in [1.29, 1.82) is 0 Å². The Morgan fingerprint density at radius 2 is 1.68 bits per heavy atom. The molecule has 2 aromatic rings. The largest absolute Gasteiger partial charge is 0.207 e. The third kappa shape index (κ3) is 3.10. The van der Waals surface area contributed by atoms with E-state index in [2.05, 4.69) is 0 Å². The van der Waals surface area contributed by atoms with Crippen molar-refractivity contribution in [3.05, 3.63) is 70.5 Å². The molecule has 0 spiro atoms. The quantitative estimate of drug-likeness (QED) is 0.701. The van der Waals surface area contributed by atoms with Gasteiger partial charge in [0.1, 0.15) is 17.5 Å². The third-order valence-corrected chi connectivity index (χ3v) is 3.36. The van der Waals surface area contributed by atoms with E-state index < -0.39 is 22.8 Å². The standard InChI is InChI=1S/C15H12ClF3/c1-9-6-15(19)11(8-14(9)18)12(16)7-10-4-2-3-5-13(10)17/h2-6,8,12H,7H2,1H3. The Morgan fingerprint density at radius 1 is 1.00 bits per heavy atom. The van der Waals surface area contributed by atoms with Crippen LogP contribution in [0, 0.1) is 24.4 Å². The van der Waals surface area contributed by atoms with E-state index in [1.54, 1.807) is 18.2 Å². The summed E-state index contributed by atoms with van der Waals surface area (Å²) in [5, 5.41) is -0.813. The van der Waals surface area contributed by atoms with Gasteiger partial charge in [0, 0.05) is 5.56 Å². The van der Waals surface area contributed by atoms with E-state index in [0.717, 1.165) is 12.1 Å². The number of halogens is 4. The fourth-order valence-electron chi connectivity index (χ4n) is 1.87. The van der Waals surface area contributed by atoms with E-state index in [0.29, 0.717) is 5.56 Å². The van der Waals surface area contributed by atoms with Gasteiger partial charge in [0.05, 0.1) is 5.38 Å². The fraction of sp³-hybridized carbons (Fsp3) is 0.200. The normalized spacial score (nSPS) is 12.5. The van der Waals surface area contributed by atoms with Gasteiger partial charge in [0.2, 0.25) is 0 Å². The van der Waals surface area contributed by atoms with Crippen molar-refractivity contribution in [3.8, 4) is 0 Å². The molecule has 0 aliphatic heterocycles. The Labute approximate surface area is 114 Å². The van der Waals surface area contributed by atoms with Crippen LogP contribution in [0.5, 0.6) is 0 Å². The predicted octanol–water partition coefficient (Wildman–Crippen LogP) is 4.93. The predicted molar refractivity (Wildman–Crippen MR) is 69.8 cm³/mol. The lowest BCUT2D eigenvalue weighted by Crippen LogP contribution is -2.02. The van der Waals surface area contributed by atoms with Gasteiger partial charge < -0.3 is 0 Å². The molecule has 0 aromatic heterocycles. The van der Waals surface area contributed by atoms with Crippen LogP contribution >= 0.6 is 11.6 Å². The van der Waals surface area contributed by atoms with Crippen LogP contribution in [0.25, 0.3) is 0 Å². The van der Waals surface area contributed by atoms with Gasteiger partial charge in [-0.3, -0.25) is 0 Å². The molecule has 100 valence electrons. The van der Waals surface area contributed by atoms with Crippen LogP contribution in [0.4, 0.5) is 13.2 Å². The van der Waals surface area contributed by atoms with E-state index >= 15 is 0 Å². The number of hydrogen-bond donors (Lipinski definition) is 0. The molecule has 19 heavy (non-hydrogen) atoms. The second-order valence-electron chi connectivity index (χ2n) is 4.39. The Hall–Kier alpha value is -1.48. The summed E-state index contributed by atoms with van der Waals surface area (Å²) in [6.07, 6.45) is 0.105. The molecule has 0 saturated carbocycles. The molecule has 0 N–H and O–H groups in total. The minimum atomic E-state index is -0.813. The van der Waals surface area contributed by atoms with Crippen LogP contribution < -0.4 is 0 Å². The maximum absolute atomic E-state index is 13.7. The third-order valence-electron chi connectivity index (χ3n) is 2.97. The Balaban J connectivity index is 2.28. The van der Waals surface area contributed by atoms with Gasteiger partial charge in [0.25, 0.3) is 0 Å². The average molecular weight is 285 g/mol. The second kappa shape index (κ2) is 5.66. The highest BCUT2D eigenvalue weighted by molar-refractivity contribution is 6.20. The Morgan fingerprint density at radius 3 is 2.37 bits per heavy atom. The first-order valence-electron chi connectivity index (χ1n) is 5.82. The lowest BCUT2D eigenvalue weighted by molar-refractivity contribution is 0.571. The average Bonchev–Trinajstić information content (AvgIpc) is 2.36. The van der Waals surface area contributed by atoms with Crippen molar-refractivity contribution in [2.75, 3.05) is 0 Å². The van der Waals surface area contributed by atoms with Gasteiger partial charge >= 0.3 is 0 Å². The minimum Gasteiger partial charge on any atom is -0.207 e. The van der Waals surface area contributed by atoms with Crippen LogP contribution in [0.1, 0.15) is 22.1 Å². The van der Waals surface area contributed by atoms with Crippen molar-refractivity contribution in [1.82, 2.24) is 0 Å². The first-order chi connectivity index (χ1) is 8.99. The van der Waals surface area contributed by atoms with Gasteiger partial charge in [-0.25, -0.2) is 13.2 Å². The number of alkyl halides is 1. The molecule has 1 atom stereocenters. The van der Waals surface area contributed by atoms with Gasteiger partial charge in [0.15, 0.2) is 0 Å². The Bertz CT molecular complexity index is 596. The molecule has 0 aliphatic carbocycles. The summed E-state index contributed by atoms with van der Waals surface area (Å²) in [5.74, 6) is -1.49. The summed E-state index contributed by atoms with van der Waals surface area (Å²) < 4.78 is 40.7. The lowest BCUT2D eigenvalue weighted by Gasteiger charge is -2.12. The number of benzene rings is 2. The van der Waals surface area contributed by atoms with Crippen molar-refractivity contribution in [3.63, 3.8) is 0 Å². The van der Waals surface area contributed by atoms with Crippen LogP contribution in [-0.2, 0) is 6.42 Å². The maximum atomic E-state index is 13.7. The first-order valence-corrected chi connectivity index (χ1v) is 6.25. The number of rotatable bonds is 3. The maximum Gasteiger partial charge on any atom is 0.128 e. The van der Waals surface area contributed by atoms with Crippen LogP contribution in [0.15, 0.2) is 36.4 Å². The molecular formula is C15H12ClF3. The smallest absolute Gasteiger partial charge is 0.128 e. The van der Waals surface area contributed by atoms with Crippen LogP contribution in [0.2, 0.25) is 0 Å². The molecule has 1 unspecified atom stereocenters. The van der Waals surface area contributed by atoms with Crippen LogP contribution in [0.3, 0.4) is 0 Å². The number of aryl methyl sites for hydroxylation is 1. The highest BCUT2D eigenvalue weighted by Gasteiger charge is 2.17. The zero-order valence-electron chi connectivity index (χ0n) is 10.3. The summed E-state index contributed by atoms with van der Waals surface area (Å²) >= 11 is 6.07. The molecule has 2 rings (SSSR count). The summed E-state index contributed by atoms with van der Waals surface area (Å²) in [6, 6.07) is 8.30. The first kappa shape index (κ1) is 13.9. The van der Waals surface area contributed by atoms with E-state index in [9.17, 15) is 13.2 Å². The van der Waals surface area contributed by atoms with Crippen molar-refractivity contribution in [2.45, 2.75) is 18.7 Å². The van der Waals surface area contributed by atoms with E-state index in [4.69, 9.17) is 11.6 Å². The van der Waals surface area contributed by atoms with Gasteiger partial charge in [-0.1, -0.05) is 18.2 Å². The second-order valence-corrected chi connectivity index (χ2v) is 4.91. The molecule has 0 bridgehead atoms. The minimum absolute atomic E-state index is 0.0491. The lowest BCUT2D eigenvalue weighted by atomic mass is 10.0. The molecule has 0 amide bonds. The monoisotopic (exact) mass is 284 g/mol. The Kier molecular flexibility index (Phi) is 4.15. The molecule has 0 saturated heterocycles. The molecule has 0 nitrogen and oxygen atoms in total. The van der Waals surface area contributed by atoms with Crippen LogP contribution in [-0.4, -0.2) is 0 Å². The zero-order chi connectivity index (χ0) is 14.0. The molecule has 4 heteroatoms. The SMILES string of the molecule is Cc1cc(F)c(C(Cl)Cc2ccccc2F)cc1F.